The highest BCUT2D eigenvalue weighted by molar-refractivity contribution is 14.0. The number of ether oxygens (including phenoxy) is 1. The summed E-state index contributed by atoms with van der Waals surface area (Å²) in [5.41, 5.74) is 3.30. The number of aryl methyl sites for hydroxylation is 1. The number of hydrogen-bond donors (Lipinski definition) is 2. The van der Waals surface area contributed by atoms with Gasteiger partial charge in [-0.15, -0.1) is 24.0 Å². The first kappa shape index (κ1) is 25.7. The molecule has 0 aliphatic rings. The number of nitrogens with one attached hydrogen (secondary N) is 2. The molecule has 0 aliphatic heterocycles. The van der Waals surface area contributed by atoms with E-state index in [9.17, 15) is 4.79 Å². The Morgan fingerprint density at radius 3 is 2.53 bits per heavy atom. The van der Waals surface area contributed by atoms with Gasteiger partial charge >= 0.3 is 0 Å². The van der Waals surface area contributed by atoms with Crippen LogP contribution in [0.1, 0.15) is 30.0 Å². The third-order valence-electron chi connectivity index (χ3n) is 4.51. The maximum absolute atomic E-state index is 12.4. The third-order valence-corrected chi connectivity index (χ3v) is 4.51. The number of halogens is 1. The lowest BCUT2D eigenvalue weighted by Crippen LogP contribution is -2.39. The summed E-state index contributed by atoms with van der Waals surface area (Å²) < 4.78 is 5.45. The van der Waals surface area contributed by atoms with E-state index in [4.69, 9.17) is 4.74 Å². The molecule has 2 aromatic carbocycles. The molecule has 0 aliphatic carbocycles. The molecule has 0 saturated carbocycles. The average molecular weight is 524 g/mol. The van der Waals surface area contributed by atoms with Crippen molar-refractivity contribution in [3.63, 3.8) is 0 Å². The number of carbonyl (C=O) groups excluding carboxylic acids is 1. The lowest BCUT2D eigenvalue weighted by atomic mass is 10.1. The lowest BCUT2D eigenvalue weighted by molar-refractivity contribution is -0.130. The number of hydrogen-bond acceptors (Lipinski definition) is 3. The number of rotatable bonds is 9. The topological polar surface area (TPSA) is 66.0 Å². The molecule has 0 bridgehead atoms. The van der Waals surface area contributed by atoms with Crippen LogP contribution in [0.4, 0.5) is 0 Å². The highest BCUT2D eigenvalue weighted by atomic mass is 127. The minimum Gasteiger partial charge on any atom is -0.496 e. The van der Waals surface area contributed by atoms with Crippen molar-refractivity contribution in [1.29, 1.82) is 0 Å². The van der Waals surface area contributed by atoms with Crippen LogP contribution in [0.2, 0.25) is 0 Å². The second kappa shape index (κ2) is 13.8. The monoisotopic (exact) mass is 524 g/mol. The molecule has 6 nitrogen and oxygen atoms in total. The summed E-state index contributed by atoms with van der Waals surface area (Å²) in [5.74, 6) is 1.62. The molecule has 7 heteroatoms. The summed E-state index contributed by atoms with van der Waals surface area (Å²) in [6.45, 7) is 6.44. The molecule has 164 valence electrons. The SMILES string of the molecule is CCNC(=NCc1ccc(C)cc1OC)NCCC(=O)N(C)Cc1ccccc1.I. The fourth-order valence-corrected chi connectivity index (χ4v) is 2.91. The number of amides is 1. The van der Waals surface area contributed by atoms with Gasteiger partial charge in [0.1, 0.15) is 5.75 Å². The van der Waals surface area contributed by atoms with Crippen LogP contribution >= 0.6 is 24.0 Å². The number of benzene rings is 2. The van der Waals surface area contributed by atoms with E-state index in [0.717, 1.165) is 29.0 Å². The molecule has 2 N–H and O–H groups in total. The van der Waals surface area contributed by atoms with E-state index < -0.39 is 0 Å². The van der Waals surface area contributed by atoms with Crippen molar-refractivity contribution >= 4 is 35.8 Å². The molecule has 1 amide bonds. The van der Waals surface area contributed by atoms with E-state index in [2.05, 4.69) is 21.7 Å². The molecule has 2 rings (SSSR count). The van der Waals surface area contributed by atoms with Crippen molar-refractivity contribution in [2.75, 3.05) is 27.2 Å². The Kier molecular flexibility index (Phi) is 11.9. The fourth-order valence-electron chi connectivity index (χ4n) is 2.91. The lowest BCUT2D eigenvalue weighted by Gasteiger charge is -2.18. The van der Waals surface area contributed by atoms with E-state index in [-0.39, 0.29) is 29.9 Å². The van der Waals surface area contributed by atoms with Crippen molar-refractivity contribution in [2.45, 2.75) is 33.4 Å². The number of nitrogens with zero attached hydrogens (tertiary/aromatic N) is 2. The van der Waals surface area contributed by atoms with Gasteiger partial charge in [-0.1, -0.05) is 42.5 Å². The highest BCUT2D eigenvalue weighted by Gasteiger charge is 2.09. The number of aliphatic imine (C=N–C) groups is 1. The maximum Gasteiger partial charge on any atom is 0.224 e. The van der Waals surface area contributed by atoms with Gasteiger partial charge in [0, 0.05) is 38.7 Å². The van der Waals surface area contributed by atoms with Crippen LogP contribution in [-0.2, 0) is 17.9 Å². The molecule has 0 aromatic heterocycles. The van der Waals surface area contributed by atoms with Gasteiger partial charge in [-0.05, 0) is 31.0 Å². The van der Waals surface area contributed by atoms with Gasteiger partial charge in [0.05, 0.1) is 13.7 Å². The highest BCUT2D eigenvalue weighted by Crippen LogP contribution is 2.20. The first-order chi connectivity index (χ1) is 14.0. The van der Waals surface area contributed by atoms with Crippen LogP contribution in [0.15, 0.2) is 53.5 Å². The van der Waals surface area contributed by atoms with E-state index in [1.807, 2.05) is 63.4 Å². The largest absolute Gasteiger partial charge is 0.496 e. The zero-order valence-electron chi connectivity index (χ0n) is 18.3. The molecule has 0 heterocycles. The molecule has 0 saturated heterocycles. The molecular formula is C23H33IN4O2. The third kappa shape index (κ3) is 8.61. The number of methoxy groups -OCH3 is 1. The van der Waals surface area contributed by atoms with Gasteiger partial charge in [-0.3, -0.25) is 4.79 Å². The first-order valence-electron chi connectivity index (χ1n) is 9.97. The van der Waals surface area contributed by atoms with E-state index in [1.165, 1.54) is 0 Å². The Morgan fingerprint density at radius 2 is 1.87 bits per heavy atom. The Hall–Kier alpha value is -2.29. The summed E-state index contributed by atoms with van der Waals surface area (Å²) in [5, 5.41) is 6.46. The van der Waals surface area contributed by atoms with Crippen LogP contribution < -0.4 is 15.4 Å². The summed E-state index contributed by atoms with van der Waals surface area (Å²) in [6, 6.07) is 16.1. The second-order valence-corrected chi connectivity index (χ2v) is 6.92. The Morgan fingerprint density at radius 1 is 1.13 bits per heavy atom. The van der Waals surface area contributed by atoms with E-state index >= 15 is 0 Å². The van der Waals surface area contributed by atoms with Crippen molar-refractivity contribution in [2.24, 2.45) is 4.99 Å². The van der Waals surface area contributed by atoms with Crippen LogP contribution in [0.25, 0.3) is 0 Å². The van der Waals surface area contributed by atoms with Gasteiger partial charge in [0.2, 0.25) is 5.91 Å². The molecule has 30 heavy (non-hydrogen) atoms. The molecule has 0 atom stereocenters. The van der Waals surface area contributed by atoms with Gasteiger partial charge in [-0.25, -0.2) is 4.99 Å². The second-order valence-electron chi connectivity index (χ2n) is 6.92. The summed E-state index contributed by atoms with van der Waals surface area (Å²) in [4.78, 5) is 18.8. The Balaban J connectivity index is 0.00000450. The van der Waals surface area contributed by atoms with Crippen molar-refractivity contribution in [1.82, 2.24) is 15.5 Å². The predicted octanol–water partition coefficient (Wildman–Crippen LogP) is 3.73. The van der Waals surface area contributed by atoms with E-state index in [1.54, 1.807) is 12.0 Å². The van der Waals surface area contributed by atoms with Gasteiger partial charge < -0.3 is 20.3 Å². The van der Waals surface area contributed by atoms with E-state index in [0.29, 0.717) is 32.0 Å². The van der Waals surface area contributed by atoms with Gasteiger partial charge in [0.25, 0.3) is 0 Å². The summed E-state index contributed by atoms with van der Waals surface area (Å²) >= 11 is 0. The number of guanidine groups is 1. The standard InChI is InChI=1S/C23H32N4O2.HI/c1-5-24-23(26-16-20-12-11-18(2)15-21(20)29-4)25-14-13-22(28)27(3)17-19-9-7-6-8-10-19;/h6-12,15H,5,13-14,16-17H2,1-4H3,(H2,24,25,26);1H. The molecular weight excluding hydrogens is 491 g/mol. The van der Waals surface area contributed by atoms with Gasteiger partial charge in [0.15, 0.2) is 5.96 Å². The maximum atomic E-state index is 12.4. The average Bonchev–Trinajstić information content (AvgIpc) is 2.73. The van der Waals surface area contributed by atoms with Crippen LogP contribution in [-0.4, -0.2) is 44.0 Å². The molecule has 0 spiro atoms. The summed E-state index contributed by atoms with van der Waals surface area (Å²) in [7, 11) is 3.50. The Bertz CT molecular complexity index is 812. The minimum absolute atomic E-state index is 0. The normalized spacial score (nSPS) is 10.7. The van der Waals surface area contributed by atoms with Crippen molar-refractivity contribution in [3.8, 4) is 5.75 Å². The fraction of sp³-hybridized carbons (Fsp3) is 0.391. The van der Waals surface area contributed by atoms with Crippen LogP contribution in [0.3, 0.4) is 0 Å². The molecule has 0 unspecified atom stereocenters. The minimum atomic E-state index is 0. The predicted molar refractivity (Wildman–Crippen MR) is 133 cm³/mol. The van der Waals surface area contributed by atoms with Crippen molar-refractivity contribution in [3.05, 3.63) is 65.2 Å². The Labute approximate surface area is 197 Å². The van der Waals surface area contributed by atoms with Crippen LogP contribution in [0, 0.1) is 6.92 Å². The van der Waals surface area contributed by atoms with Crippen molar-refractivity contribution < 1.29 is 9.53 Å². The zero-order chi connectivity index (χ0) is 21.1. The molecule has 2 aromatic rings. The quantitative estimate of drug-likeness (QED) is 0.298. The zero-order valence-corrected chi connectivity index (χ0v) is 20.6. The molecule has 0 fully saturated rings. The summed E-state index contributed by atoms with van der Waals surface area (Å²) in [6.07, 6.45) is 0.404. The van der Waals surface area contributed by atoms with Crippen LogP contribution in [0.5, 0.6) is 5.75 Å². The first-order valence-corrected chi connectivity index (χ1v) is 9.97. The van der Waals surface area contributed by atoms with Gasteiger partial charge in [-0.2, -0.15) is 0 Å². The molecule has 0 radical (unpaired) electrons. The smallest absolute Gasteiger partial charge is 0.224 e. The number of carbonyl (C=O) groups is 1.